The highest BCUT2D eigenvalue weighted by Crippen LogP contribution is 2.27. The van der Waals surface area contributed by atoms with Crippen LogP contribution in [0.25, 0.3) is 0 Å². The lowest BCUT2D eigenvalue weighted by atomic mass is 9.79. The van der Waals surface area contributed by atoms with Gasteiger partial charge >= 0.3 is 0 Å². The first kappa shape index (κ1) is 15.9. The fourth-order valence-electron chi connectivity index (χ4n) is 2.04. The van der Waals surface area contributed by atoms with E-state index in [0.717, 1.165) is 5.56 Å². The van der Waals surface area contributed by atoms with Crippen molar-refractivity contribution < 1.29 is 4.79 Å². The van der Waals surface area contributed by atoms with E-state index in [-0.39, 0.29) is 11.3 Å². The summed E-state index contributed by atoms with van der Waals surface area (Å²) < 4.78 is 0. The monoisotopic (exact) mass is 261 g/mol. The standard InChI is InChI=1S/C17H27NO/c1-12(2)18-11-15(16(19)17(4,5)6)14-9-7-13(3)8-10-14/h7-10,12,15,18H,11H2,1-6H3. The van der Waals surface area contributed by atoms with E-state index in [2.05, 4.69) is 50.4 Å². The van der Waals surface area contributed by atoms with Crippen molar-refractivity contribution in [3.8, 4) is 0 Å². The largest absolute Gasteiger partial charge is 0.313 e. The summed E-state index contributed by atoms with van der Waals surface area (Å²) in [6, 6.07) is 8.69. The minimum absolute atomic E-state index is 0.0667. The molecule has 1 rings (SSSR count). The molecule has 1 N–H and O–H groups in total. The molecule has 0 fully saturated rings. The van der Waals surface area contributed by atoms with Crippen LogP contribution in [0.4, 0.5) is 0 Å². The van der Waals surface area contributed by atoms with E-state index in [4.69, 9.17) is 0 Å². The highest BCUT2D eigenvalue weighted by molar-refractivity contribution is 5.90. The molecule has 0 aliphatic rings. The van der Waals surface area contributed by atoms with Crippen molar-refractivity contribution in [1.82, 2.24) is 5.32 Å². The summed E-state index contributed by atoms with van der Waals surface area (Å²) >= 11 is 0. The van der Waals surface area contributed by atoms with Crippen molar-refractivity contribution in [2.75, 3.05) is 6.54 Å². The van der Waals surface area contributed by atoms with Crippen molar-refractivity contribution in [3.05, 3.63) is 35.4 Å². The van der Waals surface area contributed by atoms with Gasteiger partial charge in [-0.3, -0.25) is 4.79 Å². The number of Topliss-reactive ketones (excluding diaryl/α,β-unsaturated/α-hetero) is 1. The summed E-state index contributed by atoms with van der Waals surface area (Å²) in [7, 11) is 0. The van der Waals surface area contributed by atoms with E-state index in [0.29, 0.717) is 18.4 Å². The topological polar surface area (TPSA) is 29.1 Å². The van der Waals surface area contributed by atoms with Gasteiger partial charge in [0.2, 0.25) is 0 Å². The minimum atomic E-state index is -0.311. The average Bonchev–Trinajstić information content (AvgIpc) is 2.29. The van der Waals surface area contributed by atoms with Crippen LogP contribution in [0.3, 0.4) is 0 Å². The van der Waals surface area contributed by atoms with E-state index < -0.39 is 0 Å². The van der Waals surface area contributed by atoms with Gasteiger partial charge in [0.15, 0.2) is 0 Å². The van der Waals surface area contributed by atoms with E-state index in [9.17, 15) is 4.79 Å². The fraction of sp³-hybridized carbons (Fsp3) is 0.588. The smallest absolute Gasteiger partial charge is 0.146 e. The number of aryl methyl sites for hydroxylation is 1. The molecule has 0 saturated carbocycles. The summed E-state index contributed by atoms with van der Waals surface area (Å²) in [4.78, 5) is 12.6. The van der Waals surface area contributed by atoms with Crippen molar-refractivity contribution in [3.63, 3.8) is 0 Å². The zero-order chi connectivity index (χ0) is 14.6. The van der Waals surface area contributed by atoms with Gasteiger partial charge in [0.05, 0.1) is 5.92 Å². The number of hydrogen-bond donors (Lipinski definition) is 1. The molecule has 0 radical (unpaired) electrons. The average molecular weight is 261 g/mol. The Morgan fingerprint density at radius 3 is 2.11 bits per heavy atom. The van der Waals surface area contributed by atoms with Crippen LogP contribution in [0, 0.1) is 12.3 Å². The molecule has 106 valence electrons. The first-order chi connectivity index (χ1) is 8.71. The van der Waals surface area contributed by atoms with Crippen LogP contribution in [0.15, 0.2) is 24.3 Å². The third kappa shape index (κ3) is 4.79. The number of carbonyl (C=O) groups excluding carboxylic acids is 1. The number of ketones is 1. The first-order valence-corrected chi connectivity index (χ1v) is 7.06. The number of benzene rings is 1. The van der Waals surface area contributed by atoms with Crippen LogP contribution in [0.2, 0.25) is 0 Å². The Kier molecular flexibility index (Phi) is 5.30. The summed E-state index contributed by atoms with van der Waals surface area (Å²) in [5.74, 6) is 0.229. The van der Waals surface area contributed by atoms with Gasteiger partial charge in [0.1, 0.15) is 5.78 Å². The predicted molar refractivity (Wildman–Crippen MR) is 81.5 cm³/mol. The Morgan fingerprint density at radius 1 is 1.16 bits per heavy atom. The summed E-state index contributed by atoms with van der Waals surface area (Å²) in [6.45, 7) is 13.0. The van der Waals surface area contributed by atoms with Gasteiger partial charge in [-0.25, -0.2) is 0 Å². The van der Waals surface area contributed by atoms with Crippen molar-refractivity contribution in [2.45, 2.75) is 53.5 Å². The van der Waals surface area contributed by atoms with Gasteiger partial charge < -0.3 is 5.32 Å². The zero-order valence-electron chi connectivity index (χ0n) is 13.1. The highest BCUT2D eigenvalue weighted by Gasteiger charge is 2.30. The van der Waals surface area contributed by atoms with Gasteiger partial charge in [0.25, 0.3) is 0 Å². The Balaban J connectivity index is 2.98. The second-order valence-corrected chi connectivity index (χ2v) is 6.64. The van der Waals surface area contributed by atoms with Crippen molar-refractivity contribution >= 4 is 5.78 Å². The molecule has 0 amide bonds. The molecule has 2 nitrogen and oxygen atoms in total. The van der Waals surface area contributed by atoms with Crippen LogP contribution >= 0.6 is 0 Å². The van der Waals surface area contributed by atoms with Crippen LogP contribution in [-0.4, -0.2) is 18.4 Å². The lowest BCUT2D eigenvalue weighted by molar-refractivity contribution is -0.127. The Bertz CT molecular complexity index is 412. The lowest BCUT2D eigenvalue weighted by Gasteiger charge is -2.26. The maximum atomic E-state index is 12.6. The summed E-state index contributed by atoms with van der Waals surface area (Å²) in [5, 5.41) is 3.39. The summed E-state index contributed by atoms with van der Waals surface area (Å²) in [6.07, 6.45) is 0. The number of carbonyl (C=O) groups is 1. The van der Waals surface area contributed by atoms with Gasteiger partial charge in [0, 0.05) is 18.0 Å². The number of nitrogens with one attached hydrogen (secondary N) is 1. The Hall–Kier alpha value is -1.15. The molecule has 1 aromatic rings. The molecule has 0 heterocycles. The second-order valence-electron chi connectivity index (χ2n) is 6.64. The maximum absolute atomic E-state index is 12.6. The van der Waals surface area contributed by atoms with E-state index in [1.807, 2.05) is 20.8 Å². The fourth-order valence-corrected chi connectivity index (χ4v) is 2.04. The molecule has 2 heteroatoms. The van der Waals surface area contributed by atoms with Gasteiger partial charge in [-0.1, -0.05) is 64.4 Å². The molecular formula is C17H27NO. The Labute approximate surface area is 117 Å². The molecule has 1 aromatic carbocycles. The van der Waals surface area contributed by atoms with Crippen LogP contribution in [0.5, 0.6) is 0 Å². The molecule has 0 bridgehead atoms. The predicted octanol–water partition coefficient (Wildman–Crippen LogP) is 3.69. The van der Waals surface area contributed by atoms with E-state index in [1.165, 1.54) is 5.56 Å². The van der Waals surface area contributed by atoms with Crippen LogP contribution in [-0.2, 0) is 4.79 Å². The van der Waals surface area contributed by atoms with Crippen LogP contribution < -0.4 is 5.32 Å². The molecule has 0 aromatic heterocycles. The second kappa shape index (κ2) is 6.33. The minimum Gasteiger partial charge on any atom is -0.313 e. The quantitative estimate of drug-likeness (QED) is 0.876. The SMILES string of the molecule is Cc1ccc(C(CNC(C)C)C(=O)C(C)(C)C)cc1. The molecule has 1 unspecified atom stereocenters. The van der Waals surface area contributed by atoms with Crippen molar-refractivity contribution in [1.29, 1.82) is 0 Å². The molecule has 0 saturated heterocycles. The summed E-state index contributed by atoms with van der Waals surface area (Å²) in [5.41, 5.74) is 2.02. The van der Waals surface area contributed by atoms with Crippen LogP contribution in [0.1, 0.15) is 51.7 Å². The first-order valence-electron chi connectivity index (χ1n) is 7.06. The maximum Gasteiger partial charge on any atom is 0.146 e. The molecule has 0 spiro atoms. The van der Waals surface area contributed by atoms with Gasteiger partial charge in [-0.15, -0.1) is 0 Å². The molecular weight excluding hydrogens is 234 g/mol. The number of rotatable bonds is 5. The Morgan fingerprint density at radius 2 is 1.68 bits per heavy atom. The molecule has 0 aliphatic heterocycles. The normalized spacial score (nSPS) is 13.6. The third-order valence-electron chi connectivity index (χ3n) is 3.27. The highest BCUT2D eigenvalue weighted by atomic mass is 16.1. The lowest BCUT2D eigenvalue weighted by Crippen LogP contribution is -2.36. The van der Waals surface area contributed by atoms with E-state index >= 15 is 0 Å². The van der Waals surface area contributed by atoms with Gasteiger partial charge in [-0.2, -0.15) is 0 Å². The molecule has 1 atom stereocenters. The molecule has 19 heavy (non-hydrogen) atoms. The third-order valence-corrected chi connectivity index (χ3v) is 3.27. The molecule has 0 aliphatic carbocycles. The van der Waals surface area contributed by atoms with E-state index in [1.54, 1.807) is 0 Å². The number of hydrogen-bond acceptors (Lipinski definition) is 2. The van der Waals surface area contributed by atoms with Crippen molar-refractivity contribution in [2.24, 2.45) is 5.41 Å². The van der Waals surface area contributed by atoms with Gasteiger partial charge in [-0.05, 0) is 12.5 Å². The zero-order valence-corrected chi connectivity index (χ0v) is 13.1.